The predicted octanol–water partition coefficient (Wildman–Crippen LogP) is 1.47. The molecule has 0 amide bonds. The third-order valence-electron chi connectivity index (χ3n) is 4.93. The second kappa shape index (κ2) is 5.23. The molecule has 0 saturated carbocycles. The number of likely N-dealkylation sites (N-methyl/N-ethyl adjacent to an activating group) is 1. The van der Waals surface area contributed by atoms with E-state index in [0.29, 0.717) is 0 Å². The molecule has 2 heterocycles. The van der Waals surface area contributed by atoms with Gasteiger partial charge in [-0.2, -0.15) is 0 Å². The number of likely N-dealkylation sites (tertiary alicyclic amines) is 1. The molecule has 3 heteroatoms. The number of nitrogens with zero attached hydrogens (tertiary/aromatic N) is 2. The van der Waals surface area contributed by atoms with Crippen LogP contribution in [0.5, 0.6) is 0 Å². The van der Waals surface area contributed by atoms with Crippen molar-refractivity contribution in [2.75, 3.05) is 33.2 Å². The first-order valence-corrected chi connectivity index (χ1v) is 7.44. The van der Waals surface area contributed by atoms with Gasteiger partial charge in [-0.1, -0.05) is 24.3 Å². The van der Waals surface area contributed by atoms with Crippen molar-refractivity contribution in [2.45, 2.75) is 31.3 Å². The average Bonchev–Trinajstić information content (AvgIpc) is 2.46. The summed E-state index contributed by atoms with van der Waals surface area (Å²) in [6.07, 6.45) is 3.68. The summed E-state index contributed by atoms with van der Waals surface area (Å²) in [5, 5.41) is 0. The molecule has 0 aliphatic carbocycles. The summed E-state index contributed by atoms with van der Waals surface area (Å²) in [6.45, 7) is 5.33. The summed E-state index contributed by atoms with van der Waals surface area (Å²) >= 11 is 0. The van der Waals surface area contributed by atoms with Crippen LogP contribution in [0.2, 0.25) is 0 Å². The van der Waals surface area contributed by atoms with Crippen molar-refractivity contribution in [3.05, 3.63) is 35.4 Å². The van der Waals surface area contributed by atoms with Crippen LogP contribution >= 0.6 is 0 Å². The molecule has 2 aliphatic heterocycles. The molecule has 0 bridgehead atoms. The Morgan fingerprint density at radius 1 is 1.21 bits per heavy atom. The molecule has 104 valence electrons. The summed E-state index contributed by atoms with van der Waals surface area (Å²) in [7, 11) is 2.22. The number of hydrogen-bond donors (Lipinski definition) is 1. The second-order valence-electron chi connectivity index (χ2n) is 6.21. The first-order chi connectivity index (χ1) is 9.23. The highest BCUT2D eigenvalue weighted by molar-refractivity contribution is 5.29. The lowest BCUT2D eigenvalue weighted by Gasteiger charge is -2.50. The zero-order valence-electron chi connectivity index (χ0n) is 11.9. The molecule has 1 aromatic carbocycles. The largest absolute Gasteiger partial charge is 0.329 e. The van der Waals surface area contributed by atoms with E-state index in [-0.39, 0.29) is 5.54 Å². The standard InChI is InChI=1S/C16H25N3/c1-18-9-4-8-16(12-17,13-18)19-10-7-14-5-2-3-6-15(14)11-19/h2-3,5-6H,4,7-13,17H2,1H3. The van der Waals surface area contributed by atoms with Crippen molar-refractivity contribution in [3.63, 3.8) is 0 Å². The zero-order chi connectivity index (χ0) is 13.3. The first-order valence-electron chi connectivity index (χ1n) is 7.44. The summed E-state index contributed by atoms with van der Waals surface area (Å²) in [6, 6.07) is 8.86. The van der Waals surface area contributed by atoms with Gasteiger partial charge >= 0.3 is 0 Å². The third-order valence-corrected chi connectivity index (χ3v) is 4.93. The van der Waals surface area contributed by atoms with E-state index in [9.17, 15) is 0 Å². The van der Waals surface area contributed by atoms with E-state index >= 15 is 0 Å². The maximum absolute atomic E-state index is 6.18. The monoisotopic (exact) mass is 259 g/mol. The molecule has 0 spiro atoms. The molecule has 1 atom stereocenters. The smallest absolute Gasteiger partial charge is 0.0462 e. The summed E-state index contributed by atoms with van der Waals surface area (Å²) < 4.78 is 0. The van der Waals surface area contributed by atoms with Crippen LogP contribution in [0.25, 0.3) is 0 Å². The van der Waals surface area contributed by atoms with E-state index in [1.165, 1.54) is 36.9 Å². The Kier molecular flexibility index (Phi) is 3.61. The van der Waals surface area contributed by atoms with E-state index in [0.717, 1.165) is 26.2 Å². The van der Waals surface area contributed by atoms with Crippen molar-refractivity contribution >= 4 is 0 Å². The molecule has 1 unspecified atom stereocenters. The Bertz CT molecular complexity index is 445. The van der Waals surface area contributed by atoms with Gasteiger partial charge in [0.2, 0.25) is 0 Å². The van der Waals surface area contributed by atoms with Crippen molar-refractivity contribution in [3.8, 4) is 0 Å². The fourth-order valence-corrected chi connectivity index (χ4v) is 3.79. The van der Waals surface area contributed by atoms with Gasteiger partial charge in [0.1, 0.15) is 0 Å². The fourth-order valence-electron chi connectivity index (χ4n) is 3.79. The van der Waals surface area contributed by atoms with E-state index in [2.05, 4.69) is 41.1 Å². The number of fused-ring (bicyclic) bond motifs is 1. The molecule has 0 aromatic heterocycles. The lowest BCUT2D eigenvalue weighted by atomic mass is 9.84. The highest BCUT2D eigenvalue weighted by Crippen LogP contribution is 2.31. The van der Waals surface area contributed by atoms with Crippen molar-refractivity contribution < 1.29 is 0 Å². The highest BCUT2D eigenvalue weighted by Gasteiger charge is 2.39. The molecule has 19 heavy (non-hydrogen) atoms. The Balaban J connectivity index is 1.82. The molecular weight excluding hydrogens is 234 g/mol. The maximum atomic E-state index is 6.18. The third kappa shape index (κ3) is 2.42. The van der Waals surface area contributed by atoms with Gasteiger partial charge < -0.3 is 10.6 Å². The molecule has 0 radical (unpaired) electrons. The fraction of sp³-hybridized carbons (Fsp3) is 0.625. The second-order valence-corrected chi connectivity index (χ2v) is 6.21. The lowest BCUT2D eigenvalue weighted by Crippen LogP contribution is -2.62. The summed E-state index contributed by atoms with van der Waals surface area (Å²) in [4.78, 5) is 5.09. The van der Waals surface area contributed by atoms with Crippen LogP contribution in [0.3, 0.4) is 0 Å². The molecule has 2 aliphatic rings. The minimum absolute atomic E-state index is 0.195. The Morgan fingerprint density at radius 3 is 2.74 bits per heavy atom. The SMILES string of the molecule is CN1CCCC(CN)(N2CCc3ccccc3C2)C1. The Morgan fingerprint density at radius 2 is 2.00 bits per heavy atom. The zero-order valence-corrected chi connectivity index (χ0v) is 11.9. The van der Waals surface area contributed by atoms with Crippen molar-refractivity contribution in [1.82, 2.24) is 9.80 Å². The van der Waals surface area contributed by atoms with Gasteiger partial charge in [-0.05, 0) is 44.0 Å². The number of benzene rings is 1. The van der Waals surface area contributed by atoms with Gasteiger partial charge in [-0.15, -0.1) is 0 Å². The van der Waals surface area contributed by atoms with Crippen LogP contribution in [-0.4, -0.2) is 48.6 Å². The normalized spacial score (nSPS) is 29.2. The van der Waals surface area contributed by atoms with Gasteiger partial charge in [0, 0.05) is 31.7 Å². The molecule has 3 rings (SSSR count). The van der Waals surface area contributed by atoms with Crippen LogP contribution in [0.15, 0.2) is 24.3 Å². The minimum atomic E-state index is 0.195. The number of hydrogen-bond acceptors (Lipinski definition) is 3. The topological polar surface area (TPSA) is 32.5 Å². The molecule has 1 aromatic rings. The minimum Gasteiger partial charge on any atom is -0.329 e. The van der Waals surface area contributed by atoms with E-state index in [1.807, 2.05) is 0 Å². The summed E-state index contributed by atoms with van der Waals surface area (Å²) in [5.41, 5.74) is 9.40. The Labute approximate surface area is 116 Å². The van der Waals surface area contributed by atoms with Gasteiger partial charge in [0.25, 0.3) is 0 Å². The van der Waals surface area contributed by atoms with Crippen LogP contribution in [0, 0.1) is 0 Å². The van der Waals surface area contributed by atoms with E-state index in [1.54, 1.807) is 0 Å². The average molecular weight is 259 g/mol. The molecule has 3 nitrogen and oxygen atoms in total. The first kappa shape index (κ1) is 13.1. The van der Waals surface area contributed by atoms with Gasteiger partial charge in [-0.25, -0.2) is 0 Å². The molecule has 1 saturated heterocycles. The lowest BCUT2D eigenvalue weighted by molar-refractivity contribution is 0.0160. The number of rotatable bonds is 2. The maximum Gasteiger partial charge on any atom is 0.0462 e. The highest BCUT2D eigenvalue weighted by atomic mass is 15.3. The van der Waals surface area contributed by atoms with Crippen LogP contribution in [0.4, 0.5) is 0 Å². The van der Waals surface area contributed by atoms with Crippen molar-refractivity contribution in [1.29, 1.82) is 0 Å². The number of piperidine rings is 1. The number of nitrogens with two attached hydrogens (primary N) is 1. The van der Waals surface area contributed by atoms with E-state index < -0.39 is 0 Å². The van der Waals surface area contributed by atoms with Crippen LogP contribution in [0.1, 0.15) is 24.0 Å². The van der Waals surface area contributed by atoms with Crippen molar-refractivity contribution in [2.24, 2.45) is 5.73 Å². The molecule has 2 N–H and O–H groups in total. The van der Waals surface area contributed by atoms with Gasteiger partial charge in [-0.3, -0.25) is 4.90 Å². The predicted molar refractivity (Wildman–Crippen MR) is 79.1 cm³/mol. The Hall–Kier alpha value is -0.900. The van der Waals surface area contributed by atoms with E-state index in [4.69, 9.17) is 5.73 Å². The molecular formula is C16H25N3. The quantitative estimate of drug-likeness (QED) is 0.873. The van der Waals surface area contributed by atoms with Gasteiger partial charge in [0.05, 0.1) is 0 Å². The van der Waals surface area contributed by atoms with Crippen LogP contribution in [-0.2, 0) is 13.0 Å². The van der Waals surface area contributed by atoms with Gasteiger partial charge in [0.15, 0.2) is 0 Å². The summed E-state index contributed by atoms with van der Waals surface area (Å²) in [5.74, 6) is 0. The molecule has 1 fully saturated rings. The van der Waals surface area contributed by atoms with Crippen LogP contribution < -0.4 is 5.73 Å².